The van der Waals surface area contributed by atoms with Crippen molar-refractivity contribution in [3.63, 3.8) is 0 Å². The molecule has 0 heterocycles. The number of hydrogen-bond donors (Lipinski definition) is 0. The predicted molar refractivity (Wildman–Crippen MR) is 171 cm³/mol. The van der Waals surface area contributed by atoms with E-state index in [-0.39, 0.29) is 5.97 Å². The summed E-state index contributed by atoms with van der Waals surface area (Å²) in [5.74, 6) is 1.29. The van der Waals surface area contributed by atoms with Gasteiger partial charge in [-0.05, 0) is 37.5 Å². The van der Waals surface area contributed by atoms with Gasteiger partial charge in [0.15, 0.2) is 0 Å². The molecule has 1 rings (SSSR count). The van der Waals surface area contributed by atoms with E-state index in [0.29, 0.717) is 13.2 Å². The van der Waals surface area contributed by atoms with Crippen LogP contribution in [0.4, 0.5) is 0 Å². The van der Waals surface area contributed by atoms with Crippen LogP contribution in [-0.2, 0) is 9.53 Å². The highest BCUT2D eigenvalue weighted by molar-refractivity contribution is 5.87. The molecule has 0 aliphatic carbocycles. The van der Waals surface area contributed by atoms with Crippen LogP contribution < -0.4 is 9.47 Å². The van der Waals surface area contributed by atoms with Gasteiger partial charge in [-0.1, -0.05) is 136 Å². The van der Waals surface area contributed by atoms with Gasteiger partial charge in [0.05, 0.1) is 19.8 Å². The first-order valence-electron chi connectivity index (χ1n) is 17.0. The topological polar surface area (TPSA) is 44.8 Å². The predicted octanol–water partition coefficient (Wildman–Crippen LogP) is 11.3. The third-order valence-corrected chi connectivity index (χ3v) is 7.35. The van der Waals surface area contributed by atoms with Gasteiger partial charge >= 0.3 is 5.97 Å². The molecule has 0 bridgehead atoms. The van der Waals surface area contributed by atoms with Gasteiger partial charge in [-0.15, -0.1) is 0 Å². The zero-order valence-corrected chi connectivity index (χ0v) is 26.5. The van der Waals surface area contributed by atoms with E-state index in [1.54, 1.807) is 6.08 Å². The van der Waals surface area contributed by atoms with E-state index in [9.17, 15) is 4.79 Å². The summed E-state index contributed by atoms with van der Waals surface area (Å²) >= 11 is 0. The average Bonchev–Trinajstić information content (AvgIpc) is 2.97. The van der Waals surface area contributed by atoms with Crippen molar-refractivity contribution >= 4 is 12.0 Å². The molecule has 1 aromatic rings. The van der Waals surface area contributed by atoms with Gasteiger partial charge in [-0.3, -0.25) is 0 Å². The fraction of sp³-hybridized carbons (Fsp3) is 0.750. The Labute approximate surface area is 247 Å². The van der Waals surface area contributed by atoms with Crippen LogP contribution in [0.5, 0.6) is 11.5 Å². The molecule has 4 heteroatoms. The van der Waals surface area contributed by atoms with Crippen molar-refractivity contribution in [2.75, 3.05) is 19.8 Å². The first-order valence-corrected chi connectivity index (χ1v) is 17.0. The van der Waals surface area contributed by atoms with Crippen molar-refractivity contribution in [3.05, 3.63) is 29.8 Å². The van der Waals surface area contributed by atoms with Crippen molar-refractivity contribution in [2.45, 2.75) is 156 Å². The highest BCUT2D eigenvalue weighted by Crippen LogP contribution is 2.27. The van der Waals surface area contributed by atoms with Crippen LogP contribution in [0.2, 0.25) is 0 Å². The molecule has 1 aromatic carbocycles. The second kappa shape index (κ2) is 27.2. The molecule has 0 fully saturated rings. The minimum absolute atomic E-state index is 0.316. The highest BCUT2D eigenvalue weighted by atomic mass is 16.5. The molecule has 0 aliphatic heterocycles. The summed E-state index contributed by atoms with van der Waals surface area (Å²) in [7, 11) is 0. The number of hydrogen-bond acceptors (Lipinski definition) is 4. The van der Waals surface area contributed by atoms with Crippen LogP contribution in [0.3, 0.4) is 0 Å². The van der Waals surface area contributed by atoms with Gasteiger partial charge in [0.2, 0.25) is 0 Å². The lowest BCUT2D eigenvalue weighted by Gasteiger charge is -2.13. The quantitative estimate of drug-likeness (QED) is 0.0583. The van der Waals surface area contributed by atoms with Crippen LogP contribution >= 0.6 is 0 Å². The van der Waals surface area contributed by atoms with Gasteiger partial charge in [0.1, 0.15) is 11.5 Å². The van der Waals surface area contributed by atoms with E-state index < -0.39 is 0 Å². The molecule has 0 saturated carbocycles. The van der Waals surface area contributed by atoms with Gasteiger partial charge in [-0.25, -0.2) is 4.79 Å². The molecular formula is C36H62O4. The third kappa shape index (κ3) is 20.9. The lowest BCUT2D eigenvalue weighted by Crippen LogP contribution is -2.02. The summed E-state index contributed by atoms with van der Waals surface area (Å²) in [6, 6.07) is 5.93. The minimum atomic E-state index is -0.316. The van der Waals surface area contributed by atoms with Crippen LogP contribution in [0.25, 0.3) is 6.08 Å². The molecule has 0 unspecified atom stereocenters. The SMILES string of the molecule is CCCCCCCCCCCCOc1ccc(C=CC(=O)OCCC)c(OCCCCCCCCCCCC)c1. The second-order valence-corrected chi connectivity index (χ2v) is 11.3. The summed E-state index contributed by atoms with van der Waals surface area (Å²) in [6.45, 7) is 8.38. The summed E-state index contributed by atoms with van der Waals surface area (Å²) in [6.07, 6.45) is 30.3. The van der Waals surface area contributed by atoms with Crippen molar-refractivity contribution in [1.82, 2.24) is 0 Å². The average molecular weight is 559 g/mol. The fourth-order valence-corrected chi connectivity index (χ4v) is 4.83. The Morgan fingerprint density at radius 1 is 0.575 bits per heavy atom. The zero-order chi connectivity index (χ0) is 28.9. The number of esters is 1. The summed E-state index contributed by atoms with van der Waals surface area (Å²) in [5, 5.41) is 0. The smallest absolute Gasteiger partial charge is 0.330 e. The van der Waals surface area contributed by atoms with Crippen LogP contribution in [0.1, 0.15) is 161 Å². The van der Waals surface area contributed by atoms with Crippen LogP contribution in [0.15, 0.2) is 24.3 Å². The maximum Gasteiger partial charge on any atom is 0.330 e. The lowest BCUT2D eigenvalue weighted by atomic mass is 10.1. The molecule has 230 valence electrons. The van der Waals surface area contributed by atoms with E-state index in [1.165, 1.54) is 122 Å². The summed E-state index contributed by atoms with van der Waals surface area (Å²) in [5.41, 5.74) is 0.881. The Morgan fingerprint density at radius 2 is 1.05 bits per heavy atom. The van der Waals surface area contributed by atoms with Crippen molar-refractivity contribution < 1.29 is 19.0 Å². The number of carbonyl (C=O) groups excluding carboxylic acids is 1. The maximum absolute atomic E-state index is 12.0. The monoisotopic (exact) mass is 558 g/mol. The molecular weight excluding hydrogens is 496 g/mol. The maximum atomic E-state index is 12.0. The van der Waals surface area contributed by atoms with Crippen molar-refractivity contribution in [1.29, 1.82) is 0 Å². The summed E-state index contributed by atoms with van der Waals surface area (Å²) < 4.78 is 17.4. The first-order chi connectivity index (χ1) is 19.7. The Morgan fingerprint density at radius 3 is 1.55 bits per heavy atom. The van der Waals surface area contributed by atoms with E-state index in [1.807, 2.05) is 25.1 Å². The van der Waals surface area contributed by atoms with Gasteiger partial charge in [0, 0.05) is 17.7 Å². The number of ether oxygens (including phenoxy) is 3. The molecule has 0 amide bonds. The highest BCUT2D eigenvalue weighted by Gasteiger charge is 2.06. The molecule has 0 radical (unpaired) electrons. The van der Waals surface area contributed by atoms with E-state index in [4.69, 9.17) is 14.2 Å². The normalized spacial score (nSPS) is 11.3. The largest absolute Gasteiger partial charge is 0.493 e. The number of rotatable bonds is 28. The standard InChI is InChI=1S/C36H62O4/c1-4-7-9-11-13-15-17-19-21-23-30-38-34-27-25-33(26-28-36(37)40-29-6-3)35(32-34)39-31-24-22-20-18-16-14-12-10-8-5-2/h25-28,32H,4-24,29-31H2,1-3H3. The van der Waals surface area contributed by atoms with E-state index in [0.717, 1.165) is 42.9 Å². The third-order valence-electron chi connectivity index (χ3n) is 7.35. The number of benzene rings is 1. The molecule has 4 nitrogen and oxygen atoms in total. The summed E-state index contributed by atoms with van der Waals surface area (Å²) in [4.78, 5) is 12.0. The Hall–Kier alpha value is -1.97. The number of unbranched alkanes of at least 4 members (excludes halogenated alkanes) is 18. The van der Waals surface area contributed by atoms with Crippen LogP contribution in [-0.4, -0.2) is 25.8 Å². The molecule has 0 N–H and O–H groups in total. The van der Waals surface area contributed by atoms with E-state index >= 15 is 0 Å². The molecule has 0 aliphatic rings. The molecule has 0 spiro atoms. The first kappa shape index (κ1) is 36.1. The molecule has 0 aromatic heterocycles. The van der Waals surface area contributed by atoms with E-state index in [2.05, 4.69) is 13.8 Å². The Kier molecular flexibility index (Phi) is 24.5. The minimum Gasteiger partial charge on any atom is -0.493 e. The lowest BCUT2D eigenvalue weighted by molar-refractivity contribution is -0.137. The van der Waals surface area contributed by atoms with Gasteiger partial charge in [-0.2, -0.15) is 0 Å². The zero-order valence-electron chi connectivity index (χ0n) is 26.5. The second-order valence-electron chi connectivity index (χ2n) is 11.3. The Bertz CT molecular complexity index is 742. The fourth-order valence-electron chi connectivity index (χ4n) is 4.83. The van der Waals surface area contributed by atoms with Crippen LogP contribution in [0, 0.1) is 0 Å². The van der Waals surface area contributed by atoms with Gasteiger partial charge in [0.25, 0.3) is 0 Å². The molecule has 40 heavy (non-hydrogen) atoms. The van der Waals surface area contributed by atoms with Crippen molar-refractivity contribution in [2.24, 2.45) is 0 Å². The molecule has 0 saturated heterocycles. The van der Waals surface area contributed by atoms with Gasteiger partial charge < -0.3 is 14.2 Å². The Balaban J connectivity index is 2.41. The molecule has 0 atom stereocenters. The van der Waals surface area contributed by atoms with Crippen molar-refractivity contribution in [3.8, 4) is 11.5 Å². The number of carbonyl (C=O) groups is 1.